The topological polar surface area (TPSA) is 20.2 Å². The molecule has 0 bridgehead atoms. The van der Waals surface area contributed by atoms with Crippen LogP contribution in [-0.2, 0) is 6.42 Å². The molecule has 0 fully saturated rings. The number of aliphatic hydroxyl groups is 1. The molecular weight excluding hydrogens is 376 g/mol. The van der Waals surface area contributed by atoms with Crippen molar-refractivity contribution < 1.29 is 5.11 Å². The lowest BCUT2D eigenvalue weighted by molar-refractivity contribution is 0.168. The molecule has 0 aliphatic carbocycles. The van der Waals surface area contributed by atoms with Crippen molar-refractivity contribution in [2.45, 2.75) is 25.4 Å². The van der Waals surface area contributed by atoms with E-state index in [-0.39, 0.29) is 6.10 Å². The van der Waals surface area contributed by atoms with Gasteiger partial charge in [0.25, 0.3) is 0 Å². The summed E-state index contributed by atoms with van der Waals surface area (Å²) in [5.74, 6) is 0. The highest BCUT2D eigenvalue weighted by atomic mass is 79.9. The fourth-order valence-electron chi connectivity index (χ4n) is 1.81. The maximum atomic E-state index is 10.1. The fraction of sp³-hybridized carbons (Fsp3) is 0.286. The second-order valence-corrected chi connectivity index (χ2v) is 7.42. The monoisotopic (exact) mass is 388 g/mol. The Balaban J connectivity index is 1.83. The maximum Gasteiger partial charge on any atom is 0.0882 e. The molecule has 0 amide bonds. The highest BCUT2D eigenvalue weighted by molar-refractivity contribution is 9.13. The Labute approximate surface area is 128 Å². The zero-order valence-electron chi connectivity index (χ0n) is 9.77. The smallest absolute Gasteiger partial charge is 0.0882 e. The first kappa shape index (κ1) is 14.3. The molecule has 1 aromatic heterocycles. The summed E-state index contributed by atoms with van der Waals surface area (Å²) in [6, 6.07) is 12.4. The Morgan fingerprint density at radius 1 is 1.17 bits per heavy atom. The summed E-state index contributed by atoms with van der Waals surface area (Å²) >= 11 is 8.48. The Morgan fingerprint density at radius 3 is 2.50 bits per heavy atom. The van der Waals surface area contributed by atoms with Crippen LogP contribution in [0, 0.1) is 0 Å². The summed E-state index contributed by atoms with van der Waals surface area (Å²) in [5.41, 5.74) is 1.33. The second kappa shape index (κ2) is 6.85. The van der Waals surface area contributed by atoms with Crippen molar-refractivity contribution in [2.24, 2.45) is 0 Å². The van der Waals surface area contributed by atoms with Gasteiger partial charge in [-0.1, -0.05) is 30.3 Å². The zero-order valence-corrected chi connectivity index (χ0v) is 13.8. The van der Waals surface area contributed by atoms with Crippen LogP contribution < -0.4 is 0 Å². The Bertz CT molecular complexity index is 476. The van der Waals surface area contributed by atoms with Gasteiger partial charge in [-0.25, -0.2) is 0 Å². The first-order chi connectivity index (χ1) is 8.66. The minimum atomic E-state index is -0.360. The molecule has 1 N–H and O–H groups in total. The number of aliphatic hydroxyl groups excluding tert-OH is 1. The van der Waals surface area contributed by atoms with E-state index in [9.17, 15) is 5.11 Å². The van der Waals surface area contributed by atoms with Gasteiger partial charge >= 0.3 is 0 Å². The van der Waals surface area contributed by atoms with Gasteiger partial charge in [-0.2, -0.15) is 0 Å². The van der Waals surface area contributed by atoms with Crippen molar-refractivity contribution in [3.05, 3.63) is 55.1 Å². The average molecular weight is 390 g/mol. The summed E-state index contributed by atoms with van der Waals surface area (Å²) in [5, 5.41) is 10.1. The normalized spacial score (nSPS) is 12.6. The first-order valence-corrected chi connectivity index (χ1v) is 8.24. The van der Waals surface area contributed by atoms with Crippen molar-refractivity contribution in [2.75, 3.05) is 0 Å². The van der Waals surface area contributed by atoms with E-state index < -0.39 is 0 Å². The molecule has 0 radical (unpaired) electrons. The van der Waals surface area contributed by atoms with Crippen LogP contribution in [-0.4, -0.2) is 5.11 Å². The standard InChI is InChI=1S/C14H14Br2OS/c15-11-9-13(18-14(11)16)12(17)8-4-7-10-5-2-1-3-6-10/h1-3,5-6,9,12,17H,4,7-8H2. The number of hydrogen-bond donors (Lipinski definition) is 1. The quantitative estimate of drug-likeness (QED) is 0.732. The highest BCUT2D eigenvalue weighted by Gasteiger charge is 2.12. The molecule has 4 heteroatoms. The lowest BCUT2D eigenvalue weighted by Gasteiger charge is -2.08. The van der Waals surface area contributed by atoms with Gasteiger partial charge in [-0.15, -0.1) is 11.3 Å². The molecule has 0 aliphatic rings. The van der Waals surface area contributed by atoms with E-state index in [4.69, 9.17) is 0 Å². The number of benzene rings is 1. The van der Waals surface area contributed by atoms with E-state index in [1.54, 1.807) is 11.3 Å². The molecule has 0 spiro atoms. The molecule has 1 atom stereocenters. The van der Waals surface area contributed by atoms with Crippen molar-refractivity contribution in [1.29, 1.82) is 0 Å². The molecule has 0 saturated carbocycles. The van der Waals surface area contributed by atoms with Gasteiger partial charge in [-0.3, -0.25) is 0 Å². The van der Waals surface area contributed by atoms with Crippen molar-refractivity contribution in [3.8, 4) is 0 Å². The molecule has 0 saturated heterocycles. The van der Waals surface area contributed by atoms with E-state index in [0.717, 1.165) is 32.4 Å². The molecule has 18 heavy (non-hydrogen) atoms. The molecule has 1 nitrogen and oxygen atoms in total. The van der Waals surface area contributed by atoms with E-state index in [1.807, 2.05) is 12.1 Å². The summed E-state index contributed by atoms with van der Waals surface area (Å²) in [7, 11) is 0. The van der Waals surface area contributed by atoms with Gasteiger partial charge < -0.3 is 5.11 Å². The first-order valence-electron chi connectivity index (χ1n) is 5.83. The van der Waals surface area contributed by atoms with Crippen LogP contribution in [0.4, 0.5) is 0 Å². The van der Waals surface area contributed by atoms with Crippen LogP contribution >= 0.6 is 43.2 Å². The number of rotatable bonds is 5. The molecule has 2 aromatic rings. The van der Waals surface area contributed by atoms with Gasteiger partial charge in [-0.05, 0) is 62.8 Å². The van der Waals surface area contributed by atoms with Crippen molar-refractivity contribution in [1.82, 2.24) is 0 Å². The lowest BCUT2D eigenvalue weighted by Crippen LogP contribution is -1.95. The van der Waals surface area contributed by atoms with Crippen molar-refractivity contribution in [3.63, 3.8) is 0 Å². The van der Waals surface area contributed by atoms with Crippen LogP contribution in [0.2, 0.25) is 0 Å². The molecular formula is C14H14Br2OS. The summed E-state index contributed by atoms with van der Waals surface area (Å²) < 4.78 is 2.06. The average Bonchev–Trinajstić information content (AvgIpc) is 2.71. The SMILES string of the molecule is OC(CCCc1ccccc1)c1cc(Br)c(Br)s1. The van der Waals surface area contributed by atoms with Gasteiger partial charge in [0.2, 0.25) is 0 Å². The van der Waals surface area contributed by atoms with Crippen LogP contribution in [0.1, 0.15) is 29.4 Å². The summed E-state index contributed by atoms with van der Waals surface area (Å²) in [6.07, 6.45) is 2.46. The summed E-state index contributed by atoms with van der Waals surface area (Å²) in [4.78, 5) is 1.02. The van der Waals surface area contributed by atoms with Crippen LogP contribution in [0.15, 0.2) is 44.7 Å². The number of thiophene rings is 1. The highest BCUT2D eigenvalue weighted by Crippen LogP contribution is 2.36. The molecule has 96 valence electrons. The molecule has 2 rings (SSSR count). The van der Waals surface area contributed by atoms with Gasteiger partial charge in [0.05, 0.1) is 9.89 Å². The van der Waals surface area contributed by atoms with Crippen molar-refractivity contribution >= 4 is 43.2 Å². The summed E-state index contributed by atoms with van der Waals surface area (Å²) in [6.45, 7) is 0. The van der Waals surface area contributed by atoms with Gasteiger partial charge in [0, 0.05) is 9.35 Å². The van der Waals surface area contributed by atoms with E-state index in [2.05, 4.69) is 56.1 Å². The third-order valence-electron chi connectivity index (χ3n) is 2.78. The lowest BCUT2D eigenvalue weighted by atomic mass is 10.1. The number of halogens is 2. The minimum Gasteiger partial charge on any atom is -0.388 e. The molecule has 1 heterocycles. The molecule has 0 aliphatic heterocycles. The van der Waals surface area contributed by atoms with Crippen LogP contribution in [0.3, 0.4) is 0 Å². The number of hydrogen-bond acceptors (Lipinski definition) is 2. The third-order valence-corrected chi connectivity index (χ3v) is 6.14. The number of aryl methyl sites for hydroxylation is 1. The second-order valence-electron chi connectivity index (χ2n) is 4.16. The Morgan fingerprint density at radius 2 is 1.89 bits per heavy atom. The largest absolute Gasteiger partial charge is 0.388 e. The predicted molar refractivity (Wildman–Crippen MR) is 84.1 cm³/mol. The maximum absolute atomic E-state index is 10.1. The zero-order chi connectivity index (χ0) is 13.0. The van der Waals surface area contributed by atoms with E-state index >= 15 is 0 Å². The predicted octanol–water partition coefficient (Wildman–Crippen LogP) is 5.33. The van der Waals surface area contributed by atoms with Gasteiger partial charge in [0.1, 0.15) is 0 Å². The van der Waals surface area contributed by atoms with E-state index in [0.29, 0.717) is 0 Å². The van der Waals surface area contributed by atoms with Crippen LogP contribution in [0.25, 0.3) is 0 Å². The van der Waals surface area contributed by atoms with E-state index in [1.165, 1.54) is 5.56 Å². The Hall–Kier alpha value is -0.160. The molecule has 1 unspecified atom stereocenters. The molecule has 1 aromatic carbocycles. The third kappa shape index (κ3) is 3.92. The Kier molecular flexibility index (Phi) is 5.42. The minimum absolute atomic E-state index is 0.360. The van der Waals surface area contributed by atoms with Crippen LogP contribution in [0.5, 0.6) is 0 Å². The fourth-order valence-corrected chi connectivity index (χ4v) is 3.92. The van der Waals surface area contributed by atoms with Gasteiger partial charge in [0.15, 0.2) is 0 Å².